The molecule has 4 rings (SSSR count). The highest BCUT2D eigenvalue weighted by Crippen LogP contribution is 2.70. The van der Waals surface area contributed by atoms with E-state index in [1.165, 1.54) is 6.92 Å². The predicted molar refractivity (Wildman–Crippen MR) is 108 cm³/mol. The van der Waals surface area contributed by atoms with Crippen molar-refractivity contribution in [1.82, 2.24) is 0 Å². The number of Topliss-reactive ketones (excluding diaryl/α,β-unsaturated/α-hetero) is 3. The number of rotatable bonds is 1. The van der Waals surface area contributed by atoms with Crippen LogP contribution >= 0.6 is 0 Å². The van der Waals surface area contributed by atoms with Crippen molar-refractivity contribution in [1.29, 1.82) is 0 Å². The number of ketones is 3. The van der Waals surface area contributed by atoms with Gasteiger partial charge in [-0.1, -0.05) is 34.6 Å². The van der Waals surface area contributed by atoms with E-state index < -0.39 is 39.8 Å². The molecule has 2 N–H and O–H groups in total. The molecular formula is C24H34O5. The van der Waals surface area contributed by atoms with E-state index in [-0.39, 0.29) is 29.7 Å². The van der Waals surface area contributed by atoms with Crippen LogP contribution in [0.15, 0.2) is 11.1 Å². The molecule has 2 saturated carbocycles. The van der Waals surface area contributed by atoms with E-state index >= 15 is 0 Å². The van der Waals surface area contributed by atoms with Crippen LogP contribution in [0, 0.1) is 33.5 Å². The van der Waals surface area contributed by atoms with Crippen LogP contribution < -0.4 is 0 Å². The Morgan fingerprint density at radius 3 is 2.24 bits per heavy atom. The first-order valence-electron chi connectivity index (χ1n) is 10.9. The molecule has 4 aliphatic carbocycles. The Bertz CT molecular complexity index is 853. The molecule has 4 aliphatic rings. The molecule has 5 heteroatoms. The predicted octanol–water partition coefficient (Wildman–Crippen LogP) is 3.01. The molecule has 2 fully saturated rings. The zero-order valence-corrected chi connectivity index (χ0v) is 18.5. The molecule has 0 saturated heterocycles. The van der Waals surface area contributed by atoms with Crippen molar-refractivity contribution in [2.24, 2.45) is 33.5 Å². The average molecular weight is 403 g/mol. The fraction of sp³-hybridized carbons (Fsp3) is 0.792. The molecule has 0 heterocycles. The summed E-state index contributed by atoms with van der Waals surface area (Å²) in [7, 11) is 0. The smallest absolute Gasteiger partial charge is 0.160 e. The number of carbonyl (C=O) groups excluding carboxylic acids is 3. The van der Waals surface area contributed by atoms with Gasteiger partial charge in [0.05, 0.1) is 12.2 Å². The molecular weight excluding hydrogens is 368 g/mol. The van der Waals surface area contributed by atoms with Crippen LogP contribution in [-0.4, -0.2) is 39.8 Å². The Balaban J connectivity index is 1.97. The Hall–Kier alpha value is -1.33. The lowest BCUT2D eigenvalue weighted by Gasteiger charge is -2.60. The first-order valence-corrected chi connectivity index (χ1v) is 10.9. The largest absolute Gasteiger partial charge is 0.392 e. The van der Waals surface area contributed by atoms with Gasteiger partial charge in [0.1, 0.15) is 11.6 Å². The minimum atomic E-state index is -0.887. The molecule has 0 aromatic heterocycles. The van der Waals surface area contributed by atoms with Crippen molar-refractivity contribution in [3.05, 3.63) is 11.1 Å². The van der Waals surface area contributed by atoms with Gasteiger partial charge in [0, 0.05) is 40.6 Å². The number of aliphatic hydroxyl groups is 2. The van der Waals surface area contributed by atoms with E-state index in [9.17, 15) is 24.6 Å². The molecule has 0 aromatic carbocycles. The number of allylic oxidation sites excluding steroid dienone is 1. The summed E-state index contributed by atoms with van der Waals surface area (Å²) in [5, 5.41) is 22.5. The summed E-state index contributed by atoms with van der Waals surface area (Å²) >= 11 is 0. The van der Waals surface area contributed by atoms with Gasteiger partial charge in [-0.2, -0.15) is 0 Å². The molecule has 5 nitrogen and oxygen atoms in total. The van der Waals surface area contributed by atoms with Crippen LogP contribution in [0.5, 0.6) is 0 Å². The van der Waals surface area contributed by atoms with E-state index in [1.807, 2.05) is 27.7 Å². The fourth-order valence-corrected chi connectivity index (χ4v) is 7.90. The third kappa shape index (κ3) is 2.26. The van der Waals surface area contributed by atoms with Gasteiger partial charge in [0.25, 0.3) is 0 Å². The van der Waals surface area contributed by atoms with Crippen LogP contribution in [-0.2, 0) is 14.4 Å². The molecule has 0 aromatic rings. The highest BCUT2D eigenvalue weighted by molar-refractivity contribution is 6.01. The van der Waals surface area contributed by atoms with Gasteiger partial charge < -0.3 is 10.2 Å². The molecule has 0 radical (unpaired) electrons. The Morgan fingerprint density at radius 2 is 1.66 bits per heavy atom. The fourth-order valence-electron chi connectivity index (χ4n) is 7.90. The maximum absolute atomic E-state index is 13.6. The second-order valence-electron chi connectivity index (χ2n) is 11.3. The highest BCUT2D eigenvalue weighted by atomic mass is 16.3. The number of carbonyl (C=O) groups is 3. The summed E-state index contributed by atoms with van der Waals surface area (Å²) in [6, 6.07) is 0. The second kappa shape index (κ2) is 5.88. The average Bonchev–Trinajstić information content (AvgIpc) is 2.81. The van der Waals surface area contributed by atoms with E-state index in [0.29, 0.717) is 36.8 Å². The Labute approximate surface area is 172 Å². The van der Waals surface area contributed by atoms with Crippen LogP contribution in [0.4, 0.5) is 0 Å². The number of fused-ring (bicyclic) bond motifs is 4. The minimum Gasteiger partial charge on any atom is -0.392 e. The van der Waals surface area contributed by atoms with Crippen LogP contribution in [0.25, 0.3) is 0 Å². The van der Waals surface area contributed by atoms with E-state index in [2.05, 4.69) is 6.92 Å². The first-order chi connectivity index (χ1) is 13.2. The third-order valence-electron chi connectivity index (χ3n) is 9.80. The molecule has 2 unspecified atom stereocenters. The van der Waals surface area contributed by atoms with E-state index in [1.54, 1.807) is 0 Å². The van der Waals surface area contributed by atoms with Crippen LogP contribution in [0.1, 0.15) is 73.6 Å². The minimum absolute atomic E-state index is 0.00842. The molecule has 0 spiro atoms. The van der Waals surface area contributed by atoms with Gasteiger partial charge in [-0.15, -0.1) is 0 Å². The van der Waals surface area contributed by atoms with Gasteiger partial charge in [0.2, 0.25) is 0 Å². The van der Waals surface area contributed by atoms with Gasteiger partial charge in [-0.3, -0.25) is 14.4 Å². The first kappa shape index (κ1) is 20.9. The van der Waals surface area contributed by atoms with E-state index in [4.69, 9.17) is 0 Å². The highest BCUT2D eigenvalue weighted by Gasteiger charge is 2.70. The summed E-state index contributed by atoms with van der Waals surface area (Å²) in [5.74, 6) is -0.359. The quantitative estimate of drug-likeness (QED) is 0.703. The van der Waals surface area contributed by atoms with Crippen molar-refractivity contribution >= 4 is 17.3 Å². The summed E-state index contributed by atoms with van der Waals surface area (Å²) in [6.45, 7) is 11.4. The Morgan fingerprint density at radius 1 is 1.03 bits per heavy atom. The van der Waals surface area contributed by atoms with Crippen molar-refractivity contribution in [2.45, 2.75) is 85.9 Å². The molecule has 29 heavy (non-hydrogen) atoms. The topological polar surface area (TPSA) is 91.7 Å². The summed E-state index contributed by atoms with van der Waals surface area (Å²) in [4.78, 5) is 38.7. The van der Waals surface area contributed by atoms with Gasteiger partial charge in [-0.25, -0.2) is 0 Å². The number of hydrogen-bond donors (Lipinski definition) is 2. The molecule has 7 atom stereocenters. The summed E-state index contributed by atoms with van der Waals surface area (Å²) in [5.41, 5.74) is -1.35. The summed E-state index contributed by atoms with van der Waals surface area (Å²) < 4.78 is 0. The monoisotopic (exact) mass is 402 g/mol. The van der Waals surface area contributed by atoms with Crippen molar-refractivity contribution in [2.75, 3.05) is 0 Å². The van der Waals surface area contributed by atoms with Crippen molar-refractivity contribution in [3.8, 4) is 0 Å². The number of hydrogen-bond acceptors (Lipinski definition) is 5. The van der Waals surface area contributed by atoms with Crippen LogP contribution in [0.2, 0.25) is 0 Å². The van der Waals surface area contributed by atoms with E-state index in [0.717, 1.165) is 0 Å². The van der Waals surface area contributed by atoms with Crippen molar-refractivity contribution < 1.29 is 24.6 Å². The van der Waals surface area contributed by atoms with Crippen LogP contribution in [0.3, 0.4) is 0 Å². The molecule has 0 amide bonds. The lowest BCUT2D eigenvalue weighted by molar-refractivity contribution is -0.146. The van der Waals surface area contributed by atoms with Gasteiger partial charge in [0.15, 0.2) is 5.78 Å². The zero-order chi connectivity index (χ0) is 21.7. The summed E-state index contributed by atoms with van der Waals surface area (Å²) in [6.07, 6.45) is 0.277. The molecule has 0 aliphatic heterocycles. The maximum atomic E-state index is 13.6. The lowest BCUT2D eigenvalue weighted by Crippen LogP contribution is -2.60. The third-order valence-corrected chi connectivity index (χ3v) is 9.80. The molecule has 0 bridgehead atoms. The second-order valence-corrected chi connectivity index (χ2v) is 11.3. The molecule has 160 valence electrons. The van der Waals surface area contributed by atoms with Gasteiger partial charge >= 0.3 is 0 Å². The standard InChI is InChI=1S/C24H34O5/c1-12(25)13-9-18(29)24(6)20-14(26)10-16-21(2,3)17(28)7-8-22(16,4)19(20)15(27)11-23(13,24)5/h13-14,16,18,26,29H,7-11H2,1-6H3/t13-,14+,16?,18?,22+,23-,24+/m0/s1. The SMILES string of the molecule is CC(=O)[C@@H]1CC(O)[C@]2(C)C3=C(C(=O)C[C@@]12C)[C@]1(C)CCC(=O)C(C)(C)C1C[C@H]3O. The lowest BCUT2D eigenvalue weighted by atomic mass is 9.42. The number of aliphatic hydroxyl groups excluding tert-OH is 2. The van der Waals surface area contributed by atoms with Gasteiger partial charge in [-0.05, 0) is 43.1 Å². The maximum Gasteiger partial charge on any atom is 0.160 e. The zero-order valence-electron chi connectivity index (χ0n) is 18.5. The van der Waals surface area contributed by atoms with Crippen molar-refractivity contribution in [3.63, 3.8) is 0 Å². The Kier molecular flexibility index (Phi) is 4.24. The normalized spacial score (nSPS) is 48.8.